The molecule has 0 spiro atoms. The lowest BCUT2D eigenvalue weighted by atomic mass is 10.0. The fourth-order valence-corrected chi connectivity index (χ4v) is 1.99. The Bertz CT molecular complexity index is 530. The Morgan fingerprint density at radius 2 is 2.21 bits per heavy atom. The third-order valence-electron chi connectivity index (χ3n) is 2.88. The van der Waals surface area contributed by atoms with Gasteiger partial charge in [0, 0.05) is 6.20 Å². The van der Waals surface area contributed by atoms with E-state index in [0.717, 1.165) is 23.4 Å². The van der Waals surface area contributed by atoms with E-state index in [4.69, 9.17) is 22.2 Å². The Kier molecular flexibility index (Phi) is 4.74. The van der Waals surface area contributed by atoms with Crippen LogP contribution in [-0.4, -0.2) is 12.1 Å². The van der Waals surface area contributed by atoms with Gasteiger partial charge in [-0.1, -0.05) is 23.7 Å². The molecule has 0 amide bonds. The van der Waals surface area contributed by atoms with Crippen molar-refractivity contribution < 1.29 is 4.74 Å². The number of methoxy groups -OCH3 is 1. The third kappa shape index (κ3) is 3.67. The average Bonchev–Trinajstić information content (AvgIpc) is 2.46. The van der Waals surface area contributed by atoms with Gasteiger partial charge in [-0.25, -0.2) is 0 Å². The first-order valence-electron chi connectivity index (χ1n) is 5.93. The van der Waals surface area contributed by atoms with Crippen molar-refractivity contribution in [2.45, 2.75) is 12.5 Å². The van der Waals surface area contributed by atoms with Crippen LogP contribution in [0.15, 0.2) is 42.6 Å². The van der Waals surface area contributed by atoms with Crippen LogP contribution in [0.4, 0.5) is 0 Å². The second-order valence-electron chi connectivity index (χ2n) is 4.18. The molecular weight excluding hydrogens is 262 g/mol. The standard InChI is InChI=1S/C14H16ClN3O/c1-19-12-4-2-3-10(7-12)8-14(18-16)13-6-5-11(15)9-17-13/h2-7,9,14,18H,8,16H2,1H3. The van der Waals surface area contributed by atoms with E-state index in [-0.39, 0.29) is 6.04 Å². The summed E-state index contributed by atoms with van der Waals surface area (Å²) in [5, 5.41) is 0.612. The SMILES string of the molecule is COc1cccc(CC(NN)c2ccc(Cl)cn2)c1. The largest absolute Gasteiger partial charge is 0.497 e. The summed E-state index contributed by atoms with van der Waals surface area (Å²) >= 11 is 5.83. The van der Waals surface area contributed by atoms with Crippen LogP contribution in [0, 0.1) is 0 Å². The Balaban J connectivity index is 2.16. The van der Waals surface area contributed by atoms with Gasteiger partial charge in [0.2, 0.25) is 0 Å². The van der Waals surface area contributed by atoms with E-state index in [1.165, 1.54) is 0 Å². The Labute approximate surface area is 117 Å². The van der Waals surface area contributed by atoms with Crippen molar-refractivity contribution in [2.75, 3.05) is 7.11 Å². The Morgan fingerprint density at radius 3 is 2.84 bits per heavy atom. The normalized spacial score (nSPS) is 12.2. The lowest BCUT2D eigenvalue weighted by Gasteiger charge is -2.15. The summed E-state index contributed by atoms with van der Waals surface area (Å²) in [6.07, 6.45) is 2.34. The maximum atomic E-state index is 5.83. The zero-order chi connectivity index (χ0) is 13.7. The van der Waals surface area contributed by atoms with E-state index in [9.17, 15) is 0 Å². The number of nitrogens with one attached hydrogen (secondary N) is 1. The monoisotopic (exact) mass is 277 g/mol. The molecule has 4 nitrogen and oxygen atoms in total. The first kappa shape index (κ1) is 13.8. The smallest absolute Gasteiger partial charge is 0.119 e. The third-order valence-corrected chi connectivity index (χ3v) is 3.11. The molecule has 0 saturated carbocycles. The molecule has 2 aromatic rings. The van der Waals surface area contributed by atoms with Crippen molar-refractivity contribution in [3.8, 4) is 5.75 Å². The van der Waals surface area contributed by atoms with Gasteiger partial charge in [-0.15, -0.1) is 0 Å². The molecule has 0 aliphatic heterocycles. The molecule has 1 unspecified atom stereocenters. The molecule has 1 aromatic carbocycles. The van der Waals surface area contributed by atoms with Gasteiger partial charge in [0.25, 0.3) is 0 Å². The van der Waals surface area contributed by atoms with E-state index < -0.39 is 0 Å². The number of pyridine rings is 1. The summed E-state index contributed by atoms with van der Waals surface area (Å²) in [5.41, 5.74) is 4.76. The second-order valence-corrected chi connectivity index (χ2v) is 4.61. The molecule has 0 aliphatic carbocycles. The fourth-order valence-electron chi connectivity index (χ4n) is 1.88. The highest BCUT2D eigenvalue weighted by Gasteiger charge is 2.12. The highest BCUT2D eigenvalue weighted by molar-refractivity contribution is 6.30. The summed E-state index contributed by atoms with van der Waals surface area (Å²) < 4.78 is 5.21. The minimum atomic E-state index is -0.0654. The molecule has 19 heavy (non-hydrogen) atoms. The zero-order valence-electron chi connectivity index (χ0n) is 10.6. The summed E-state index contributed by atoms with van der Waals surface area (Å²) in [6.45, 7) is 0. The summed E-state index contributed by atoms with van der Waals surface area (Å²) in [5.74, 6) is 6.44. The topological polar surface area (TPSA) is 60.2 Å². The summed E-state index contributed by atoms with van der Waals surface area (Å²) in [7, 11) is 1.65. The van der Waals surface area contributed by atoms with Crippen molar-refractivity contribution in [1.82, 2.24) is 10.4 Å². The molecular formula is C14H16ClN3O. The molecule has 1 atom stereocenters. The molecule has 0 bridgehead atoms. The van der Waals surface area contributed by atoms with Gasteiger partial charge >= 0.3 is 0 Å². The lowest BCUT2D eigenvalue weighted by Crippen LogP contribution is -2.30. The maximum Gasteiger partial charge on any atom is 0.119 e. The summed E-state index contributed by atoms with van der Waals surface area (Å²) in [4.78, 5) is 4.28. The van der Waals surface area contributed by atoms with Gasteiger partial charge in [0.05, 0.1) is 23.9 Å². The van der Waals surface area contributed by atoms with Crippen molar-refractivity contribution in [2.24, 2.45) is 5.84 Å². The fraction of sp³-hybridized carbons (Fsp3) is 0.214. The van der Waals surface area contributed by atoms with Crippen molar-refractivity contribution in [3.05, 3.63) is 58.9 Å². The van der Waals surface area contributed by atoms with Crippen LogP contribution < -0.4 is 16.0 Å². The van der Waals surface area contributed by atoms with Gasteiger partial charge in [0.15, 0.2) is 0 Å². The van der Waals surface area contributed by atoms with Crippen LogP contribution >= 0.6 is 11.6 Å². The van der Waals surface area contributed by atoms with Gasteiger partial charge in [-0.05, 0) is 36.2 Å². The highest BCUT2D eigenvalue weighted by atomic mass is 35.5. The molecule has 0 saturated heterocycles. The van der Waals surface area contributed by atoms with Gasteiger partial charge < -0.3 is 4.74 Å². The van der Waals surface area contributed by atoms with Gasteiger partial charge in [0.1, 0.15) is 5.75 Å². The van der Waals surface area contributed by atoms with E-state index in [1.54, 1.807) is 19.4 Å². The first-order valence-corrected chi connectivity index (χ1v) is 6.31. The number of rotatable bonds is 5. The number of hydrogen-bond donors (Lipinski definition) is 2. The zero-order valence-corrected chi connectivity index (χ0v) is 11.4. The molecule has 0 radical (unpaired) electrons. The Hall–Kier alpha value is -1.62. The number of ether oxygens (including phenoxy) is 1. The number of halogens is 1. The number of nitrogens with zero attached hydrogens (tertiary/aromatic N) is 1. The number of nitrogens with two attached hydrogens (primary N) is 1. The van der Waals surface area contributed by atoms with E-state index in [1.807, 2.05) is 30.3 Å². The van der Waals surface area contributed by atoms with Crippen LogP contribution in [0.1, 0.15) is 17.3 Å². The molecule has 3 N–H and O–H groups in total. The summed E-state index contributed by atoms with van der Waals surface area (Å²) in [6, 6.07) is 11.5. The van der Waals surface area contributed by atoms with Crippen LogP contribution in [0.25, 0.3) is 0 Å². The number of hydrogen-bond acceptors (Lipinski definition) is 4. The maximum absolute atomic E-state index is 5.83. The number of hydrazine groups is 1. The molecule has 0 aliphatic rings. The average molecular weight is 278 g/mol. The van der Waals surface area contributed by atoms with Gasteiger partial charge in [-0.2, -0.15) is 0 Å². The molecule has 1 aromatic heterocycles. The van der Waals surface area contributed by atoms with E-state index >= 15 is 0 Å². The van der Waals surface area contributed by atoms with Gasteiger partial charge in [-0.3, -0.25) is 16.3 Å². The minimum absolute atomic E-state index is 0.0654. The predicted octanol–water partition coefficient (Wildman–Crippen LogP) is 2.49. The van der Waals surface area contributed by atoms with Crippen LogP contribution in [0.5, 0.6) is 5.75 Å². The molecule has 0 fully saturated rings. The van der Waals surface area contributed by atoms with Crippen molar-refractivity contribution >= 4 is 11.6 Å². The van der Waals surface area contributed by atoms with E-state index in [0.29, 0.717) is 5.02 Å². The quantitative estimate of drug-likeness (QED) is 0.651. The van der Waals surface area contributed by atoms with Crippen LogP contribution in [-0.2, 0) is 6.42 Å². The number of aromatic nitrogens is 1. The molecule has 2 rings (SSSR count). The predicted molar refractivity (Wildman–Crippen MR) is 76.0 cm³/mol. The lowest BCUT2D eigenvalue weighted by molar-refractivity contribution is 0.413. The molecule has 100 valence electrons. The molecule has 5 heteroatoms. The van der Waals surface area contributed by atoms with Crippen molar-refractivity contribution in [3.63, 3.8) is 0 Å². The number of benzene rings is 1. The van der Waals surface area contributed by atoms with Crippen molar-refractivity contribution in [1.29, 1.82) is 0 Å². The molecule has 1 heterocycles. The Morgan fingerprint density at radius 1 is 1.37 bits per heavy atom. The van der Waals surface area contributed by atoms with Crippen LogP contribution in [0.2, 0.25) is 5.02 Å². The van der Waals surface area contributed by atoms with Crippen LogP contribution in [0.3, 0.4) is 0 Å². The van der Waals surface area contributed by atoms with E-state index in [2.05, 4.69) is 10.4 Å². The second kappa shape index (κ2) is 6.52. The minimum Gasteiger partial charge on any atom is -0.497 e. The first-order chi connectivity index (χ1) is 9.22. The highest BCUT2D eigenvalue weighted by Crippen LogP contribution is 2.20.